The molecule has 0 heterocycles. The number of aromatic hydroxyl groups is 1. The number of phenols is 1. The molecule has 1 aromatic rings. The monoisotopic (exact) mass is 454 g/mol. The number of aryl methyl sites for hydroxylation is 1. The van der Waals surface area contributed by atoms with Gasteiger partial charge in [0.25, 0.3) is 5.91 Å². The number of nitrogens with one attached hydrogen (secondary N) is 1. The molecule has 33 heavy (non-hydrogen) atoms. The number of allylic oxidation sites excluding steroid dienone is 3. The largest absolute Gasteiger partial charge is 0.512 e. The number of aliphatic hydroxyl groups is 2. The number of carbonyl (C=O) groups is 3. The number of ketones is 1. The number of nitrogens with two attached hydrogens (primary N) is 1. The molecule has 3 rings (SSSR count). The van der Waals surface area contributed by atoms with Gasteiger partial charge >= 0.3 is 0 Å². The SMILES string of the molecule is C=CCNCc1cc(CC)c2c(c1O)C(=O)C1=C(O)CC(C/C(O)=C(\C=O)C(N)=O)CC1C2. The molecular formula is C25H30N2O6. The Morgan fingerprint density at radius 1 is 1.30 bits per heavy atom. The molecule has 176 valence electrons. The number of benzene rings is 1. The summed E-state index contributed by atoms with van der Waals surface area (Å²) in [6, 6.07) is 1.91. The van der Waals surface area contributed by atoms with E-state index in [1.165, 1.54) is 0 Å². The maximum absolute atomic E-state index is 13.4. The zero-order valence-electron chi connectivity index (χ0n) is 18.7. The zero-order valence-corrected chi connectivity index (χ0v) is 18.7. The molecule has 8 nitrogen and oxygen atoms in total. The average molecular weight is 455 g/mol. The fraction of sp³-hybridized carbons (Fsp3) is 0.400. The van der Waals surface area contributed by atoms with Crippen LogP contribution in [0.2, 0.25) is 0 Å². The number of primary amides is 1. The molecule has 2 unspecified atom stereocenters. The van der Waals surface area contributed by atoms with Gasteiger partial charge < -0.3 is 26.4 Å². The number of hydrogen-bond acceptors (Lipinski definition) is 7. The van der Waals surface area contributed by atoms with Crippen LogP contribution in [0.1, 0.15) is 53.2 Å². The van der Waals surface area contributed by atoms with Gasteiger partial charge in [-0.25, -0.2) is 0 Å². The zero-order chi connectivity index (χ0) is 24.3. The van der Waals surface area contributed by atoms with Crippen molar-refractivity contribution in [2.75, 3.05) is 6.54 Å². The summed E-state index contributed by atoms with van der Waals surface area (Å²) in [4.78, 5) is 35.8. The highest BCUT2D eigenvalue weighted by atomic mass is 16.3. The van der Waals surface area contributed by atoms with Gasteiger partial charge in [-0.3, -0.25) is 14.4 Å². The van der Waals surface area contributed by atoms with Crippen molar-refractivity contribution in [3.63, 3.8) is 0 Å². The first-order chi connectivity index (χ1) is 15.7. The molecule has 0 aliphatic heterocycles. The van der Waals surface area contributed by atoms with E-state index in [1.807, 2.05) is 13.0 Å². The molecule has 0 radical (unpaired) electrons. The van der Waals surface area contributed by atoms with Crippen molar-refractivity contribution in [1.29, 1.82) is 0 Å². The lowest BCUT2D eigenvalue weighted by Gasteiger charge is -2.36. The second kappa shape index (κ2) is 10.0. The molecule has 8 heteroatoms. The van der Waals surface area contributed by atoms with Crippen molar-refractivity contribution in [2.24, 2.45) is 17.6 Å². The van der Waals surface area contributed by atoms with Crippen molar-refractivity contribution in [3.05, 3.63) is 63.6 Å². The highest BCUT2D eigenvalue weighted by Crippen LogP contribution is 2.46. The number of fused-ring (bicyclic) bond motifs is 2. The predicted molar refractivity (Wildman–Crippen MR) is 123 cm³/mol. The van der Waals surface area contributed by atoms with Crippen LogP contribution in [0, 0.1) is 11.8 Å². The van der Waals surface area contributed by atoms with Crippen LogP contribution < -0.4 is 11.1 Å². The minimum Gasteiger partial charge on any atom is -0.512 e. The summed E-state index contributed by atoms with van der Waals surface area (Å²) >= 11 is 0. The lowest BCUT2D eigenvalue weighted by atomic mass is 9.68. The second-order valence-corrected chi connectivity index (χ2v) is 8.61. The van der Waals surface area contributed by atoms with Crippen LogP contribution in [-0.2, 0) is 29.0 Å². The van der Waals surface area contributed by atoms with Crippen LogP contribution in [-0.4, -0.2) is 39.8 Å². The summed E-state index contributed by atoms with van der Waals surface area (Å²) in [6.45, 7) is 6.58. The molecule has 1 aromatic carbocycles. The Kier molecular flexibility index (Phi) is 7.38. The molecule has 1 amide bonds. The van der Waals surface area contributed by atoms with E-state index in [0.717, 1.165) is 11.1 Å². The smallest absolute Gasteiger partial charge is 0.255 e. The fourth-order valence-corrected chi connectivity index (χ4v) is 4.98. The van der Waals surface area contributed by atoms with E-state index in [4.69, 9.17) is 5.73 Å². The molecule has 0 aromatic heterocycles. The lowest BCUT2D eigenvalue weighted by molar-refractivity contribution is -0.117. The molecule has 2 aliphatic rings. The Balaban J connectivity index is 1.96. The maximum atomic E-state index is 13.4. The first-order valence-corrected chi connectivity index (χ1v) is 11.0. The van der Waals surface area contributed by atoms with E-state index in [-0.39, 0.29) is 53.8 Å². The fourth-order valence-electron chi connectivity index (χ4n) is 4.98. The van der Waals surface area contributed by atoms with Gasteiger partial charge in [0.05, 0.1) is 11.3 Å². The third-order valence-corrected chi connectivity index (χ3v) is 6.48. The van der Waals surface area contributed by atoms with Crippen LogP contribution in [0.15, 0.2) is 41.4 Å². The molecule has 0 fully saturated rings. The molecular weight excluding hydrogens is 424 g/mol. The standard InChI is InChI=1S/C25H30N2O6/c1-3-5-27-11-16-9-14(4-2)17-10-15-6-13(7-19(29)18(12-28)25(26)33)8-20(30)21(15)24(32)22(17)23(16)31/h3,9,12-13,15,27,29-31H,1,4-8,10-11H2,2H3,(H2,26,33)/b19-18-. The first-order valence-electron chi connectivity index (χ1n) is 11.0. The highest BCUT2D eigenvalue weighted by Gasteiger charge is 2.41. The summed E-state index contributed by atoms with van der Waals surface area (Å²) in [6.07, 6.45) is 3.66. The van der Waals surface area contributed by atoms with Crippen molar-refractivity contribution in [1.82, 2.24) is 5.32 Å². The molecule has 6 N–H and O–H groups in total. The van der Waals surface area contributed by atoms with E-state index in [9.17, 15) is 29.7 Å². The summed E-state index contributed by atoms with van der Waals surface area (Å²) in [5.74, 6) is -2.52. The van der Waals surface area contributed by atoms with E-state index in [2.05, 4.69) is 11.9 Å². The third kappa shape index (κ3) is 4.71. The van der Waals surface area contributed by atoms with Gasteiger partial charge in [0.1, 0.15) is 17.1 Å². The number of aldehydes is 1. The van der Waals surface area contributed by atoms with Gasteiger partial charge in [-0.2, -0.15) is 0 Å². The molecule has 0 spiro atoms. The van der Waals surface area contributed by atoms with Crippen LogP contribution in [0.5, 0.6) is 5.75 Å². The van der Waals surface area contributed by atoms with E-state index >= 15 is 0 Å². The van der Waals surface area contributed by atoms with Gasteiger partial charge in [0.2, 0.25) is 0 Å². The van der Waals surface area contributed by atoms with Crippen molar-refractivity contribution >= 4 is 18.0 Å². The Morgan fingerprint density at radius 2 is 2.03 bits per heavy atom. The maximum Gasteiger partial charge on any atom is 0.255 e. The summed E-state index contributed by atoms with van der Waals surface area (Å²) in [7, 11) is 0. The minimum absolute atomic E-state index is 0.00824. The normalized spacial score (nSPS) is 20.6. The number of hydrogen-bond donors (Lipinski definition) is 5. The average Bonchev–Trinajstić information content (AvgIpc) is 2.75. The summed E-state index contributed by atoms with van der Waals surface area (Å²) in [5, 5.41) is 35.0. The van der Waals surface area contributed by atoms with Gasteiger partial charge in [-0.1, -0.05) is 19.1 Å². The number of amides is 1. The van der Waals surface area contributed by atoms with Gasteiger partial charge in [0, 0.05) is 37.1 Å². The third-order valence-electron chi connectivity index (χ3n) is 6.48. The Labute approximate surface area is 192 Å². The van der Waals surface area contributed by atoms with Crippen LogP contribution in [0.25, 0.3) is 0 Å². The van der Waals surface area contributed by atoms with Crippen molar-refractivity contribution in [2.45, 2.75) is 45.6 Å². The van der Waals surface area contributed by atoms with E-state index in [1.54, 1.807) is 6.08 Å². The second-order valence-electron chi connectivity index (χ2n) is 8.61. The summed E-state index contributed by atoms with van der Waals surface area (Å²) < 4.78 is 0. The molecule has 2 atom stereocenters. The topological polar surface area (TPSA) is 150 Å². The van der Waals surface area contributed by atoms with Gasteiger partial charge in [0.15, 0.2) is 12.1 Å². The number of aliphatic hydroxyl groups excluding tert-OH is 2. The van der Waals surface area contributed by atoms with Crippen molar-refractivity contribution in [3.8, 4) is 5.75 Å². The Hall–Kier alpha value is -3.39. The molecule has 0 bridgehead atoms. The number of phenolic OH excluding ortho intramolecular Hbond substituents is 1. The Morgan fingerprint density at radius 3 is 2.64 bits per heavy atom. The predicted octanol–water partition coefficient (Wildman–Crippen LogP) is 2.69. The van der Waals surface area contributed by atoms with Gasteiger partial charge in [-0.15, -0.1) is 6.58 Å². The lowest BCUT2D eigenvalue weighted by Crippen LogP contribution is -2.32. The highest BCUT2D eigenvalue weighted by molar-refractivity contribution is 6.13. The van der Waals surface area contributed by atoms with Crippen LogP contribution in [0.3, 0.4) is 0 Å². The Bertz CT molecular complexity index is 1070. The van der Waals surface area contributed by atoms with Crippen molar-refractivity contribution < 1.29 is 29.7 Å². The quantitative estimate of drug-likeness (QED) is 0.0732. The van der Waals surface area contributed by atoms with Gasteiger partial charge in [-0.05, 0) is 42.2 Å². The van der Waals surface area contributed by atoms with Crippen LogP contribution in [0.4, 0.5) is 0 Å². The summed E-state index contributed by atoms with van der Waals surface area (Å²) in [5.41, 5.74) is 7.56. The van der Waals surface area contributed by atoms with E-state index < -0.39 is 17.2 Å². The minimum atomic E-state index is -1.01. The number of Topliss-reactive ketones (excluding diaryl/α,β-unsaturated/α-hetero) is 1. The van der Waals surface area contributed by atoms with Crippen LogP contribution >= 0.6 is 0 Å². The molecule has 0 saturated heterocycles. The molecule has 2 aliphatic carbocycles. The number of rotatable bonds is 9. The molecule has 0 saturated carbocycles. The van der Waals surface area contributed by atoms with E-state index in [0.29, 0.717) is 43.5 Å². The number of carbonyl (C=O) groups excluding carboxylic acids is 3. The first kappa shape index (κ1) is 24.3.